The summed E-state index contributed by atoms with van der Waals surface area (Å²) in [5, 5.41) is 4.52. The summed E-state index contributed by atoms with van der Waals surface area (Å²) >= 11 is 0. The second-order valence-electron chi connectivity index (χ2n) is 25.3. The molecular formula is C81H88Si. The molecular weight excluding hydrogens is 1000 g/mol. The summed E-state index contributed by atoms with van der Waals surface area (Å²) in [6, 6.07) is 65.3. The van der Waals surface area contributed by atoms with E-state index in [1.54, 1.807) is 0 Å². The van der Waals surface area contributed by atoms with E-state index in [4.69, 9.17) is 0 Å². The van der Waals surface area contributed by atoms with E-state index in [-0.39, 0.29) is 5.54 Å². The maximum Gasteiger partial charge on any atom is 0.159 e. The molecule has 0 bridgehead atoms. The second kappa shape index (κ2) is 23.9. The molecule has 0 atom stereocenters. The quantitative estimate of drug-likeness (QED) is 0.0668. The van der Waals surface area contributed by atoms with Crippen LogP contribution in [0.1, 0.15) is 161 Å². The summed E-state index contributed by atoms with van der Waals surface area (Å²) in [5.41, 5.74) is 39.4. The van der Waals surface area contributed by atoms with Crippen LogP contribution >= 0.6 is 0 Å². The zero-order valence-corrected chi connectivity index (χ0v) is 53.4. The first-order chi connectivity index (χ1) is 39.2. The van der Waals surface area contributed by atoms with Crippen molar-refractivity contribution in [3.8, 4) is 0 Å². The van der Waals surface area contributed by atoms with Gasteiger partial charge in [0.1, 0.15) is 0 Å². The molecule has 1 heteroatoms. The zero-order valence-electron chi connectivity index (χ0n) is 52.4. The molecule has 9 aromatic rings. The van der Waals surface area contributed by atoms with Crippen molar-refractivity contribution in [2.24, 2.45) is 0 Å². The van der Waals surface area contributed by atoms with Crippen molar-refractivity contribution in [1.29, 1.82) is 0 Å². The Morgan fingerprint density at radius 1 is 0.232 bits per heavy atom. The molecule has 0 unspecified atom stereocenters. The normalized spacial score (nSPS) is 13.0. The van der Waals surface area contributed by atoms with E-state index in [1.807, 2.05) is 0 Å². The Morgan fingerprint density at radius 3 is 0.549 bits per heavy atom. The maximum absolute atomic E-state index is 3.37. The molecule has 1 aliphatic carbocycles. The number of hydrogen-bond donors (Lipinski definition) is 0. The van der Waals surface area contributed by atoms with Crippen LogP contribution < -0.4 is 15.6 Å². The summed E-state index contributed by atoms with van der Waals surface area (Å²) in [7, 11) is -3.37. The molecule has 0 N–H and O–H groups in total. The van der Waals surface area contributed by atoms with Crippen LogP contribution in [0.15, 0.2) is 186 Å². The molecule has 0 aliphatic heterocycles. The van der Waals surface area contributed by atoms with Gasteiger partial charge in [-0.15, -0.1) is 0 Å². The molecule has 0 nitrogen and oxygen atoms in total. The standard InChI is InChI=1S/C81H88Si/c1-50-23-17-24-51(2)75(50)44-66-35-67(45-76-52(3)25-18-26-53(76)4)39-72(38-66)82(81-64(15)62(13)63(14)65(81)16,73-40-68(46-77-54(5)27-19-28-55(77)6)36-69(41-73)47-78-56(7)29-20-30-57(78)8)74-42-70(48-79-58(9)31-21-32-59(79)10)37-71(43-74)49-80-60(11)33-22-34-61(80)12/h17-43,81H,44-49H2,1-16H3. The van der Waals surface area contributed by atoms with Crippen molar-refractivity contribution in [3.63, 3.8) is 0 Å². The van der Waals surface area contributed by atoms with Gasteiger partial charge in [-0.2, -0.15) is 0 Å². The van der Waals surface area contributed by atoms with Gasteiger partial charge in [-0.25, -0.2) is 0 Å². The lowest BCUT2D eigenvalue weighted by molar-refractivity contribution is 1.06. The Balaban J connectivity index is 1.40. The molecule has 0 saturated heterocycles. The van der Waals surface area contributed by atoms with Gasteiger partial charge < -0.3 is 0 Å². The summed E-state index contributed by atoms with van der Waals surface area (Å²) in [6.45, 7) is 37.6. The van der Waals surface area contributed by atoms with Crippen LogP contribution in [0.3, 0.4) is 0 Å². The van der Waals surface area contributed by atoms with Crippen LogP contribution in [0.5, 0.6) is 0 Å². The molecule has 0 aromatic heterocycles. The van der Waals surface area contributed by atoms with Gasteiger partial charge in [-0.3, -0.25) is 0 Å². The maximum atomic E-state index is 2.74. The van der Waals surface area contributed by atoms with E-state index >= 15 is 0 Å². The van der Waals surface area contributed by atoms with Crippen molar-refractivity contribution in [2.45, 2.75) is 155 Å². The molecule has 1 aliphatic rings. The van der Waals surface area contributed by atoms with Gasteiger partial charge in [0.2, 0.25) is 0 Å². The number of hydrogen-bond acceptors (Lipinski definition) is 0. The molecule has 82 heavy (non-hydrogen) atoms. The summed E-state index contributed by atoms with van der Waals surface area (Å²) in [4.78, 5) is 0. The lowest BCUT2D eigenvalue weighted by Gasteiger charge is -2.42. The van der Waals surface area contributed by atoms with Crippen molar-refractivity contribution in [1.82, 2.24) is 0 Å². The SMILES string of the molecule is CC1=C(C)C([Si](c2cc(Cc3c(C)cccc3C)cc(Cc3c(C)cccc3C)c2)(c2cc(Cc3c(C)cccc3C)cc(Cc3c(C)cccc3C)c2)c2cc(Cc3c(C)cccc3C)cc(Cc3c(C)cccc3C)c2)C(C)=C1C. The van der Waals surface area contributed by atoms with Gasteiger partial charge in [-0.05, 0) is 310 Å². The molecule has 0 radical (unpaired) electrons. The van der Waals surface area contributed by atoms with E-state index in [9.17, 15) is 0 Å². The number of aryl methyl sites for hydroxylation is 12. The van der Waals surface area contributed by atoms with Gasteiger partial charge in [0.15, 0.2) is 8.07 Å². The monoisotopic (exact) mass is 1090 g/mol. The van der Waals surface area contributed by atoms with Gasteiger partial charge in [0.05, 0.1) is 0 Å². The topological polar surface area (TPSA) is 0 Å². The first-order valence-corrected chi connectivity index (χ1v) is 32.3. The predicted molar refractivity (Wildman–Crippen MR) is 357 cm³/mol. The van der Waals surface area contributed by atoms with E-state index in [2.05, 4.69) is 275 Å². The van der Waals surface area contributed by atoms with Crippen LogP contribution in [-0.4, -0.2) is 8.07 Å². The predicted octanol–water partition coefficient (Wildman–Crippen LogP) is 18.5. The Kier molecular flexibility index (Phi) is 16.9. The highest BCUT2D eigenvalue weighted by atomic mass is 28.3. The molecule has 0 spiro atoms. The minimum Gasteiger partial charge on any atom is -0.0647 e. The van der Waals surface area contributed by atoms with E-state index in [0.29, 0.717) is 0 Å². The highest BCUT2D eigenvalue weighted by molar-refractivity contribution is 7.13. The molecule has 416 valence electrons. The fourth-order valence-electron chi connectivity index (χ4n) is 14.6. The Morgan fingerprint density at radius 2 is 0.390 bits per heavy atom. The highest BCUT2D eigenvalue weighted by Gasteiger charge is 2.51. The Bertz CT molecular complexity index is 3260. The first kappa shape index (κ1) is 57.9. The average Bonchev–Trinajstić information content (AvgIpc) is 3.49. The molecule has 0 saturated carbocycles. The van der Waals surface area contributed by atoms with Crippen molar-refractivity contribution < 1.29 is 0 Å². The summed E-state index contributed by atoms with van der Waals surface area (Å²) < 4.78 is 0. The third-order valence-electron chi connectivity index (χ3n) is 19.7. The van der Waals surface area contributed by atoms with Gasteiger partial charge >= 0.3 is 0 Å². The molecule has 0 fully saturated rings. The largest absolute Gasteiger partial charge is 0.159 e. The highest BCUT2D eigenvalue weighted by Crippen LogP contribution is 2.47. The molecule has 9 aromatic carbocycles. The van der Waals surface area contributed by atoms with Crippen molar-refractivity contribution >= 4 is 23.6 Å². The summed E-state index contributed by atoms with van der Waals surface area (Å²) in [5.74, 6) is 0. The van der Waals surface area contributed by atoms with E-state index in [1.165, 1.54) is 171 Å². The zero-order chi connectivity index (χ0) is 58.3. The van der Waals surface area contributed by atoms with E-state index < -0.39 is 8.07 Å². The number of allylic oxidation sites excluding steroid dienone is 4. The molecule has 10 rings (SSSR count). The fraction of sp³-hybridized carbons (Fsp3) is 0.284. The minimum atomic E-state index is -3.37. The van der Waals surface area contributed by atoms with Crippen molar-refractivity contribution in [2.75, 3.05) is 0 Å². The second-order valence-corrected chi connectivity index (χ2v) is 29.2. The third-order valence-corrected chi connectivity index (χ3v) is 25.1. The lowest BCUT2D eigenvalue weighted by Crippen LogP contribution is -2.70. The van der Waals surface area contributed by atoms with Crippen LogP contribution in [0.4, 0.5) is 0 Å². The fourth-order valence-corrected chi connectivity index (χ4v) is 20.8. The van der Waals surface area contributed by atoms with Crippen LogP contribution in [0.2, 0.25) is 5.54 Å². The van der Waals surface area contributed by atoms with Gasteiger partial charge in [0, 0.05) is 5.54 Å². The van der Waals surface area contributed by atoms with Crippen LogP contribution in [0.25, 0.3) is 0 Å². The smallest absolute Gasteiger partial charge is 0.0647 e. The number of benzene rings is 9. The van der Waals surface area contributed by atoms with Crippen LogP contribution in [0, 0.1) is 83.1 Å². The van der Waals surface area contributed by atoms with Gasteiger partial charge in [-0.1, -0.05) is 175 Å². The average molecular weight is 1090 g/mol. The third kappa shape index (κ3) is 11.4. The van der Waals surface area contributed by atoms with Crippen molar-refractivity contribution in [3.05, 3.63) is 320 Å². The first-order valence-electron chi connectivity index (χ1n) is 30.3. The minimum absolute atomic E-state index is 0.156. The van der Waals surface area contributed by atoms with Gasteiger partial charge in [0.25, 0.3) is 0 Å². The Labute approximate surface area is 495 Å². The number of rotatable bonds is 16. The molecule has 0 amide bonds. The summed E-state index contributed by atoms with van der Waals surface area (Å²) in [6.07, 6.45) is 5.24. The Hall–Kier alpha value is -7.32. The molecule has 0 heterocycles. The lowest BCUT2D eigenvalue weighted by atomic mass is 9.92. The van der Waals surface area contributed by atoms with Crippen LogP contribution in [-0.2, 0) is 38.5 Å². The van der Waals surface area contributed by atoms with E-state index in [0.717, 1.165) is 38.5 Å².